The van der Waals surface area contributed by atoms with Crippen LogP contribution in [-0.4, -0.2) is 50.3 Å². The average molecular weight is 367 g/mol. The summed E-state index contributed by atoms with van der Waals surface area (Å²) < 4.78 is 50.6. The first kappa shape index (κ1) is 16.8. The van der Waals surface area contributed by atoms with E-state index in [1.165, 1.54) is 30.8 Å². The summed E-state index contributed by atoms with van der Waals surface area (Å²) in [7, 11) is -7.38. The van der Waals surface area contributed by atoms with Crippen LogP contribution in [0.2, 0.25) is 0 Å². The van der Waals surface area contributed by atoms with E-state index in [1.54, 1.807) is 0 Å². The maximum atomic E-state index is 12.6. The minimum Gasteiger partial charge on any atom is -0.227 e. The number of nitrogens with zero attached hydrogens (tertiary/aromatic N) is 2. The third-order valence-corrected chi connectivity index (χ3v) is 9.90. The van der Waals surface area contributed by atoms with Crippen molar-refractivity contribution in [2.75, 3.05) is 23.8 Å². The predicted octanol–water partition coefficient (Wildman–Crippen LogP) is 1.12. The second kappa shape index (κ2) is 6.26. The first-order valence-electron chi connectivity index (χ1n) is 6.14. The van der Waals surface area contributed by atoms with Gasteiger partial charge in [-0.1, -0.05) is 6.92 Å². The zero-order valence-corrected chi connectivity index (χ0v) is 14.5. The molecule has 1 atom stereocenters. The third kappa shape index (κ3) is 3.27. The first-order valence-corrected chi connectivity index (χ1v) is 11.3. The van der Waals surface area contributed by atoms with Gasteiger partial charge in [0.1, 0.15) is 20.5 Å². The fourth-order valence-electron chi connectivity index (χ4n) is 1.95. The van der Waals surface area contributed by atoms with Crippen molar-refractivity contribution in [3.8, 4) is 6.07 Å². The average Bonchev–Trinajstić information content (AvgIpc) is 2.97. The standard InChI is InChI=1S/C11H14N2O4S4/c1-2-20(14,15)10-8-18-6-5-13(10)21(16,17)11-4-3-9(7-12)19-11/h3-4,10H,2,5-6,8H2,1H3. The highest BCUT2D eigenvalue weighted by Crippen LogP contribution is 2.31. The molecule has 0 bridgehead atoms. The second-order valence-corrected chi connectivity index (χ2v) is 11.1. The topological polar surface area (TPSA) is 95.3 Å². The summed E-state index contributed by atoms with van der Waals surface area (Å²) in [4.78, 5) is 0.287. The number of sulfonamides is 1. The zero-order chi connectivity index (χ0) is 15.7. The van der Waals surface area contributed by atoms with Crippen molar-refractivity contribution in [3.05, 3.63) is 17.0 Å². The minimum atomic E-state index is -3.89. The van der Waals surface area contributed by atoms with Crippen molar-refractivity contribution >= 4 is 43.0 Å². The van der Waals surface area contributed by atoms with E-state index in [1.807, 2.05) is 6.07 Å². The van der Waals surface area contributed by atoms with E-state index >= 15 is 0 Å². The van der Waals surface area contributed by atoms with Crippen molar-refractivity contribution in [1.82, 2.24) is 4.31 Å². The van der Waals surface area contributed by atoms with Crippen LogP contribution in [0.5, 0.6) is 0 Å². The number of nitriles is 1. The number of rotatable bonds is 4. The van der Waals surface area contributed by atoms with Gasteiger partial charge in [0, 0.05) is 23.8 Å². The van der Waals surface area contributed by atoms with Crippen LogP contribution >= 0.6 is 23.1 Å². The highest BCUT2D eigenvalue weighted by atomic mass is 32.2. The Morgan fingerprint density at radius 2 is 2.10 bits per heavy atom. The Labute approximate surface area is 132 Å². The van der Waals surface area contributed by atoms with E-state index in [9.17, 15) is 16.8 Å². The summed E-state index contributed by atoms with van der Waals surface area (Å²) >= 11 is 2.30. The zero-order valence-electron chi connectivity index (χ0n) is 11.2. The number of sulfone groups is 1. The summed E-state index contributed by atoms with van der Waals surface area (Å²) in [5.74, 6) is 0.704. The van der Waals surface area contributed by atoms with Gasteiger partial charge in [-0.3, -0.25) is 0 Å². The molecule has 0 radical (unpaired) electrons. The van der Waals surface area contributed by atoms with E-state index in [4.69, 9.17) is 5.26 Å². The first-order chi connectivity index (χ1) is 9.82. The molecule has 1 saturated heterocycles. The molecule has 1 aromatic rings. The van der Waals surface area contributed by atoms with E-state index in [0.717, 1.165) is 15.6 Å². The molecule has 2 rings (SSSR count). The largest absolute Gasteiger partial charge is 0.253 e. The fourth-order valence-corrected chi connectivity index (χ4v) is 8.43. The Balaban J connectivity index is 2.43. The van der Waals surface area contributed by atoms with Crippen molar-refractivity contribution in [2.45, 2.75) is 16.5 Å². The van der Waals surface area contributed by atoms with Crippen LogP contribution in [0.4, 0.5) is 0 Å². The van der Waals surface area contributed by atoms with Gasteiger partial charge in [0.2, 0.25) is 0 Å². The molecule has 1 aromatic heterocycles. The summed E-state index contributed by atoms with van der Waals surface area (Å²) in [5.41, 5.74) is 0. The lowest BCUT2D eigenvalue weighted by Crippen LogP contribution is -2.50. The smallest absolute Gasteiger partial charge is 0.227 e. The van der Waals surface area contributed by atoms with E-state index in [-0.39, 0.29) is 27.1 Å². The summed E-state index contributed by atoms with van der Waals surface area (Å²) in [6, 6.07) is 4.68. The number of thiophene rings is 1. The van der Waals surface area contributed by atoms with Gasteiger partial charge < -0.3 is 0 Å². The Hall–Kier alpha value is -0.600. The molecule has 1 fully saturated rings. The summed E-state index contributed by atoms with van der Waals surface area (Å²) in [5, 5.41) is 7.77. The molecule has 1 aliphatic heterocycles. The maximum Gasteiger partial charge on any atom is 0.253 e. The van der Waals surface area contributed by atoms with Gasteiger partial charge in [-0.05, 0) is 12.1 Å². The van der Waals surface area contributed by atoms with E-state index < -0.39 is 25.2 Å². The monoisotopic (exact) mass is 366 g/mol. The van der Waals surface area contributed by atoms with Gasteiger partial charge in [-0.2, -0.15) is 21.3 Å². The molecule has 21 heavy (non-hydrogen) atoms. The molecule has 0 aliphatic carbocycles. The molecule has 0 saturated carbocycles. The van der Waals surface area contributed by atoms with Gasteiger partial charge in [0.05, 0.1) is 0 Å². The van der Waals surface area contributed by atoms with Gasteiger partial charge in [0.25, 0.3) is 10.0 Å². The molecule has 0 spiro atoms. The van der Waals surface area contributed by atoms with Crippen LogP contribution in [0.15, 0.2) is 16.3 Å². The molecule has 6 nitrogen and oxygen atoms in total. The van der Waals surface area contributed by atoms with Gasteiger partial charge in [-0.15, -0.1) is 11.3 Å². The van der Waals surface area contributed by atoms with E-state index in [2.05, 4.69) is 0 Å². The lowest BCUT2D eigenvalue weighted by atomic mass is 10.5. The van der Waals surface area contributed by atoms with Crippen molar-refractivity contribution in [1.29, 1.82) is 5.26 Å². The summed E-state index contributed by atoms with van der Waals surface area (Å²) in [6.07, 6.45) is 0. The normalized spacial score (nSPS) is 21.0. The maximum absolute atomic E-state index is 12.6. The quantitative estimate of drug-likeness (QED) is 0.792. The molecular weight excluding hydrogens is 352 g/mol. The minimum absolute atomic E-state index is 0.0160. The highest BCUT2D eigenvalue weighted by molar-refractivity contribution is 8.01. The number of hydrogen-bond donors (Lipinski definition) is 0. The van der Waals surface area contributed by atoms with Gasteiger partial charge >= 0.3 is 0 Å². The van der Waals surface area contributed by atoms with Gasteiger partial charge in [-0.25, -0.2) is 16.8 Å². The van der Waals surface area contributed by atoms with Crippen molar-refractivity contribution in [3.63, 3.8) is 0 Å². The molecular formula is C11H14N2O4S4. The van der Waals surface area contributed by atoms with Crippen LogP contribution in [0, 0.1) is 11.3 Å². The van der Waals surface area contributed by atoms with Crippen molar-refractivity contribution in [2.24, 2.45) is 0 Å². The molecule has 0 aromatic carbocycles. The Bertz CT molecular complexity index is 760. The Kier molecular flexibility index (Phi) is 4.99. The summed E-state index contributed by atoms with van der Waals surface area (Å²) in [6.45, 7) is 1.68. The molecule has 2 heterocycles. The predicted molar refractivity (Wildman–Crippen MR) is 83.5 cm³/mol. The molecule has 0 N–H and O–H groups in total. The third-order valence-electron chi connectivity index (χ3n) is 3.11. The van der Waals surface area contributed by atoms with Gasteiger partial charge in [0.15, 0.2) is 9.84 Å². The van der Waals surface area contributed by atoms with E-state index in [0.29, 0.717) is 5.75 Å². The Morgan fingerprint density at radius 3 is 2.67 bits per heavy atom. The molecule has 1 aliphatic rings. The van der Waals surface area contributed by atoms with Crippen LogP contribution in [-0.2, 0) is 19.9 Å². The van der Waals surface area contributed by atoms with Crippen LogP contribution in [0.3, 0.4) is 0 Å². The molecule has 10 heteroatoms. The lowest BCUT2D eigenvalue weighted by Gasteiger charge is -2.33. The van der Waals surface area contributed by atoms with Crippen LogP contribution in [0.1, 0.15) is 11.8 Å². The highest BCUT2D eigenvalue weighted by Gasteiger charge is 2.41. The Morgan fingerprint density at radius 1 is 1.38 bits per heavy atom. The molecule has 1 unspecified atom stereocenters. The molecule has 0 amide bonds. The lowest BCUT2D eigenvalue weighted by molar-refractivity contribution is 0.405. The fraction of sp³-hybridized carbons (Fsp3) is 0.545. The SMILES string of the molecule is CCS(=O)(=O)C1CSCCN1S(=O)(=O)c1ccc(C#N)s1. The number of hydrogen-bond acceptors (Lipinski definition) is 7. The van der Waals surface area contributed by atoms with Crippen LogP contribution in [0.25, 0.3) is 0 Å². The van der Waals surface area contributed by atoms with Crippen LogP contribution < -0.4 is 0 Å². The molecule has 116 valence electrons. The van der Waals surface area contributed by atoms with Crippen molar-refractivity contribution < 1.29 is 16.8 Å². The number of thioether (sulfide) groups is 1. The second-order valence-electron chi connectivity index (χ2n) is 4.33.